The molecule has 7 N–H and O–H groups in total. The highest BCUT2D eigenvalue weighted by atomic mass is 32.3. The number of aliphatic carboxylic acids is 1. The first-order valence-electron chi connectivity index (χ1n) is 17.2. The number of aromatic nitrogens is 3. The predicted molar refractivity (Wildman–Crippen MR) is 191 cm³/mol. The van der Waals surface area contributed by atoms with Crippen LogP contribution in [0.2, 0.25) is 0 Å². The van der Waals surface area contributed by atoms with E-state index in [1.165, 1.54) is 26.2 Å². The number of rotatable bonds is 15. The van der Waals surface area contributed by atoms with E-state index in [1.807, 2.05) is 29.9 Å². The zero-order valence-corrected chi connectivity index (χ0v) is 31.6. The van der Waals surface area contributed by atoms with Crippen molar-refractivity contribution in [2.45, 2.75) is 89.4 Å². The van der Waals surface area contributed by atoms with Crippen molar-refractivity contribution < 1.29 is 56.1 Å². The van der Waals surface area contributed by atoms with Crippen molar-refractivity contribution in [1.82, 2.24) is 25.4 Å². The standard InChI is InChI=1S/C33H42N8O11S2/c1-5-22(42)16-40-15-21(14-39(40)13-18-11-35-12-18)19-6-8-24-20(10-19)7-9-25(50-24)33(4,30(45)46)51-38-26(23-17-53-31(34)36-23)28(43)37-27-29(44)41(32(27,2)3)52-54(47,48)49/h6,8,10,14-15,17-18,22,25,27,35,42H,5,7,9,11-13,16H2,1-4H3,(H4-,34,36,37,43,45,46,47,48,49)/p+1/b38-26-/t22-,25+,27+,33-/m0/s1. The molecule has 292 valence electrons. The number of nitrogen functional groups attached to an aromatic ring is 1. The molecule has 0 saturated carbocycles. The Balaban J connectivity index is 1.21. The maximum absolute atomic E-state index is 13.5. The molecular formula is C33H43N8O11S2+. The predicted octanol–water partition coefficient (Wildman–Crippen LogP) is 0.269. The zero-order chi connectivity index (χ0) is 39.2. The molecule has 2 aromatic heterocycles. The van der Waals surface area contributed by atoms with Crippen LogP contribution in [-0.2, 0) is 53.4 Å². The molecule has 54 heavy (non-hydrogen) atoms. The molecule has 3 aromatic rings. The number of thiazole rings is 1. The molecule has 0 spiro atoms. The van der Waals surface area contributed by atoms with Crippen LogP contribution in [0.5, 0.6) is 5.75 Å². The number of ether oxygens (including phenoxy) is 1. The van der Waals surface area contributed by atoms with Crippen molar-refractivity contribution in [1.29, 1.82) is 0 Å². The maximum atomic E-state index is 13.5. The summed E-state index contributed by atoms with van der Waals surface area (Å²) in [5.74, 6) is -2.47. The molecule has 1 aromatic carbocycles. The number of aliphatic hydroxyl groups is 1. The average molecular weight is 792 g/mol. The van der Waals surface area contributed by atoms with Crippen LogP contribution in [0, 0.1) is 5.92 Å². The number of nitrogens with zero attached hydrogens (tertiary/aromatic N) is 5. The Kier molecular flexibility index (Phi) is 10.7. The van der Waals surface area contributed by atoms with Gasteiger partial charge in [-0.2, -0.15) is 18.2 Å². The number of hydroxylamine groups is 2. The molecule has 3 aliphatic rings. The van der Waals surface area contributed by atoms with Crippen molar-refractivity contribution in [3.63, 3.8) is 0 Å². The minimum Gasteiger partial charge on any atom is -0.485 e. The van der Waals surface area contributed by atoms with Gasteiger partial charge >= 0.3 is 16.4 Å². The monoisotopic (exact) mass is 791 g/mol. The van der Waals surface area contributed by atoms with Gasteiger partial charge in [-0.25, -0.2) is 9.78 Å². The lowest BCUT2D eigenvalue weighted by Gasteiger charge is -2.50. The van der Waals surface area contributed by atoms with Gasteiger partial charge in [-0.05, 0) is 63.3 Å². The summed E-state index contributed by atoms with van der Waals surface area (Å²) in [6.07, 6.45) is 3.82. The summed E-state index contributed by atoms with van der Waals surface area (Å²) >= 11 is 0.970. The molecule has 2 amide bonds. The van der Waals surface area contributed by atoms with E-state index >= 15 is 0 Å². The second kappa shape index (κ2) is 14.9. The lowest BCUT2D eigenvalue weighted by molar-refractivity contribution is -0.781. The molecule has 0 aliphatic carbocycles. The quantitative estimate of drug-likeness (QED) is 0.0397. The topological polar surface area (TPSA) is 261 Å². The molecule has 2 fully saturated rings. The number of benzene rings is 1. The number of aryl methyl sites for hydroxylation is 1. The second-order valence-electron chi connectivity index (χ2n) is 14.2. The van der Waals surface area contributed by atoms with Gasteiger partial charge in [0.2, 0.25) is 6.20 Å². The Morgan fingerprint density at radius 2 is 2.06 bits per heavy atom. The van der Waals surface area contributed by atoms with Crippen molar-refractivity contribution >= 4 is 50.4 Å². The van der Waals surface area contributed by atoms with E-state index in [9.17, 15) is 33.0 Å². The summed E-state index contributed by atoms with van der Waals surface area (Å²) in [5.41, 5.74) is 4.39. The van der Waals surface area contributed by atoms with E-state index in [0.717, 1.165) is 47.7 Å². The Morgan fingerprint density at radius 1 is 1.31 bits per heavy atom. The van der Waals surface area contributed by atoms with E-state index in [-0.39, 0.29) is 17.2 Å². The number of anilines is 1. The fourth-order valence-corrected chi connectivity index (χ4v) is 7.41. The minimum atomic E-state index is -5.03. The van der Waals surface area contributed by atoms with Gasteiger partial charge < -0.3 is 36.2 Å². The molecule has 3 aliphatic heterocycles. The van der Waals surface area contributed by atoms with E-state index in [0.29, 0.717) is 36.1 Å². The molecule has 6 rings (SSSR count). The smallest absolute Gasteiger partial charge is 0.418 e. The Hall–Kier alpha value is -4.67. The van der Waals surface area contributed by atoms with Crippen molar-refractivity contribution in [2.24, 2.45) is 11.1 Å². The third kappa shape index (κ3) is 7.91. The van der Waals surface area contributed by atoms with Gasteiger partial charge in [0.25, 0.3) is 17.4 Å². The van der Waals surface area contributed by atoms with Crippen LogP contribution in [0.3, 0.4) is 0 Å². The summed E-state index contributed by atoms with van der Waals surface area (Å²) in [5, 5.41) is 32.3. The number of nitrogens with two attached hydrogens (primary N) is 1. The first-order valence-corrected chi connectivity index (χ1v) is 19.5. The fourth-order valence-electron chi connectivity index (χ4n) is 6.41. The van der Waals surface area contributed by atoms with Gasteiger partial charge in [-0.1, -0.05) is 18.1 Å². The summed E-state index contributed by atoms with van der Waals surface area (Å²) in [6.45, 7) is 9.11. The van der Waals surface area contributed by atoms with E-state index in [1.54, 1.807) is 6.07 Å². The molecule has 19 nitrogen and oxygen atoms in total. The summed E-state index contributed by atoms with van der Waals surface area (Å²) in [4.78, 5) is 48.7. The fraction of sp³-hybridized carbons (Fsp3) is 0.515. The molecule has 4 atom stereocenters. The number of hydrogen-bond donors (Lipinski definition) is 6. The first-order chi connectivity index (χ1) is 25.4. The van der Waals surface area contributed by atoms with E-state index in [4.69, 9.17) is 19.9 Å². The van der Waals surface area contributed by atoms with Crippen LogP contribution in [0.1, 0.15) is 51.8 Å². The molecule has 0 bridgehead atoms. The summed E-state index contributed by atoms with van der Waals surface area (Å²) in [6, 6.07) is 4.30. The van der Waals surface area contributed by atoms with Crippen LogP contribution in [0.25, 0.3) is 11.1 Å². The third-order valence-electron chi connectivity index (χ3n) is 9.89. The number of aliphatic hydroxyl groups excluding tert-OH is 1. The van der Waals surface area contributed by atoms with Gasteiger partial charge in [0.1, 0.15) is 23.6 Å². The largest absolute Gasteiger partial charge is 0.485 e. The van der Waals surface area contributed by atoms with Crippen LogP contribution >= 0.6 is 11.3 Å². The van der Waals surface area contributed by atoms with Gasteiger partial charge in [0, 0.05) is 24.4 Å². The Morgan fingerprint density at radius 3 is 2.65 bits per heavy atom. The van der Waals surface area contributed by atoms with E-state index in [2.05, 4.69) is 35.9 Å². The maximum Gasteiger partial charge on any atom is 0.418 e. The molecule has 0 unspecified atom stereocenters. The molecular weight excluding hydrogens is 749 g/mol. The first kappa shape index (κ1) is 39.0. The molecule has 21 heteroatoms. The number of carbonyl (C=O) groups is 3. The molecule has 2 saturated heterocycles. The number of carboxylic acid groups (broad SMARTS) is 1. The van der Waals surface area contributed by atoms with Crippen LogP contribution < -0.4 is 25.8 Å². The van der Waals surface area contributed by atoms with Gasteiger partial charge in [-0.3, -0.25) is 14.1 Å². The number of carbonyl (C=O) groups excluding carboxylic acids is 2. The average Bonchev–Trinajstić information content (AvgIpc) is 3.71. The van der Waals surface area contributed by atoms with Crippen LogP contribution in [0.15, 0.2) is 41.1 Å². The summed E-state index contributed by atoms with van der Waals surface area (Å²) in [7, 11) is -5.03. The number of fused-ring (bicyclic) bond motifs is 1. The Labute approximate surface area is 314 Å². The van der Waals surface area contributed by atoms with Crippen molar-refractivity contribution in [2.75, 3.05) is 18.8 Å². The lowest BCUT2D eigenvalue weighted by atomic mass is 9.84. The highest BCUT2D eigenvalue weighted by Crippen LogP contribution is 2.37. The number of carboxylic acids is 1. The van der Waals surface area contributed by atoms with Gasteiger partial charge in [0.15, 0.2) is 23.5 Å². The molecule has 5 heterocycles. The highest BCUT2D eigenvalue weighted by molar-refractivity contribution is 7.80. The number of β-lactam (4-membered cyclic amide) rings is 1. The summed E-state index contributed by atoms with van der Waals surface area (Å²) < 4.78 is 46.2. The van der Waals surface area contributed by atoms with Crippen LogP contribution in [-0.4, -0.2) is 104 Å². The zero-order valence-electron chi connectivity index (χ0n) is 30.0. The van der Waals surface area contributed by atoms with E-state index < -0.39 is 63.3 Å². The van der Waals surface area contributed by atoms with Gasteiger partial charge in [0.05, 0.1) is 23.8 Å². The van der Waals surface area contributed by atoms with Gasteiger partial charge in [-0.15, -0.1) is 20.3 Å². The normalized spacial score (nSPS) is 21.6. The lowest BCUT2D eigenvalue weighted by Crippen LogP contribution is -2.76. The second-order valence-corrected chi connectivity index (χ2v) is 16.1. The highest BCUT2D eigenvalue weighted by Gasteiger charge is 2.58. The SMILES string of the molecule is CC[C@H](O)C[n+]1cc(-c2ccc3c(c2)CC[C@H]([C@](C)(O/N=C(\C(=O)N[C@@H]2C(=O)N(OS(=O)(=O)O)C2(C)C)c2csc(N)n2)C(=O)O)O3)cn1CC1CNC1. The number of oxime groups is 1. The minimum absolute atomic E-state index is 0.0615. The van der Waals surface area contributed by atoms with Crippen LogP contribution in [0.4, 0.5) is 5.13 Å². The number of nitrogens with one attached hydrogen (secondary N) is 2. The Bertz CT molecular complexity index is 2060. The third-order valence-corrected chi connectivity index (χ3v) is 10.9. The number of amides is 2. The molecule has 0 radical (unpaired) electrons. The van der Waals surface area contributed by atoms with Crippen molar-refractivity contribution in [3.05, 3.63) is 47.2 Å². The van der Waals surface area contributed by atoms with Crippen molar-refractivity contribution in [3.8, 4) is 16.9 Å². The number of hydrogen-bond acceptors (Lipinski definition) is 14.